The summed E-state index contributed by atoms with van der Waals surface area (Å²) in [7, 11) is 0. The minimum Gasteiger partial charge on any atom is -0.321 e. The third kappa shape index (κ3) is 3.74. The van der Waals surface area contributed by atoms with E-state index >= 15 is 0 Å². The number of amides is 1. The molecule has 1 aliphatic heterocycles. The molecule has 0 saturated heterocycles. The summed E-state index contributed by atoms with van der Waals surface area (Å²) in [4.78, 5) is 22.2. The van der Waals surface area contributed by atoms with Crippen LogP contribution in [-0.4, -0.2) is 21.0 Å². The Morgan fingerprint density at radius 3 is 2.56 bits per heavy atom. The van der Waals surface area contributed by atoms with Gasteiger partial charge in [0.15, 0.2) is 6.04 Å². The summed E-state index contributed by atoms with van der Waals surface area (Å²) in [6.07, 6.45) is 3.28. The molecule has 3 N–H and O–H groups in total. The topological polar surface area (TPSA) is 86.6 Å². The van der Waals surface area contributed by atoms with Gasteiger partial charge in [-0.05, 0) is 53.9 Å². The maximum absolute atomic E-state index is 13.4. The molecule has 1 aliphatic rings. The van der Waals surface area contributed by atoms with E-state index in [-0.39, 0.29) is 5.91 Å². The van der Waals surface area contributed by atoms with Crippen LogP contribution in [0.3, 0.4) is 0 Å². The number of aromatic nitrogens is 4. The zero-order valence-electron chi connectivity index (χ0n) is 17.2. The van der Waals surface area contributed by atoms with Gasteiger partial charge < -0.3 is 5.32 Å². The number of allylic oxidation sites excluding steroid dienone is 1. The third-order valence-electron chi connectivity index (χ3n) is 5.30. The van der Waals surface area contributed by atoms with Crippen molar-refractivity contribution in [3.63, 3.8) is 0 Å². The van der Waals surface area contributed by atoms with E-state index in [1.165, 1.54) is 0 Å². The van der Waals surface area contributed by atoms with Gasteiger partial charge in [-0.1, -0.05) is 41.9 Å². The molecule has 4 aromatic rings. The molecule has 2 aromatic heterocycles. The van der Waals surface area contributed by atoms with Gasteiger partial charge in [0.25, 0.3) is 5.91 Å². The van der Waals surface area contributed by atoms with Crippen molar-refractivity contribution in [1.29, 1.82) is 0 Å². The van der Waals surface area contributed by atoms with Gasteiger partial charge in [-0.15, -0.1) is 4.68 Å². The minimum atomic E-state index is -0.426. The highest BCUT2D eigenvalue weighted by Gasteiger charge is 2.39. The lowest BCUT2D eigenvalue weighted by Crippen LogP contribution is -2.50. The fourth-order valence-corrected chi connectivity index (χ4v) is 3.94. The Morgan fingerprint density at radius 1 is 1.06 bits per heavy atom. The molecule has 0 fully saturated rings. The number of halogens is 1. The number of hydrogen-bond acceptors (Lipinski definition) is 4. The summed E-state index contributed by atoms with van der Waals surface area (Å²) in [5.74, 6) is 1.10. The predicted octanol–water partition coefficient (Wildman–Crippen LogP) is 4.34. The number of carbonyl (C=O) groups is 1. The van der Waals surface area contributed by atoms with Crippen LogP contribution in [0, 0.1) is 0 Å². The summed E-state index contributed by atoms with van der Waals surface area (Å²) >= 11 is 6.13. The lowest BCUT2D eigenvalue weighted by Gasteiger charge is -2.24. The fraction of sp³-hybridized carbons (Fsp3) is 0.0833. The summed E-state index contributed by atoms with van der Waals surface area (Å²) < 4.78 is 1.87. The van der Waals surface area contributed by atoms with Crippen molar-refractivity contribution in [2.24, 2.45) is 0 Å². The van der Waals surface area contributed by atoms with Gasteiger partial charge in [0.1, 0.15) is 0 Å². The highest BCUT2D eigenvalue weighted by Crippen LogP contribution is 2.31. The Balaban J connectivity index is 1.60. The van der Waals surface area contributed by atoms with Crippen LogP contribution in [0.5, 0.6) is 0 Å². The van der Waals surface area contributed by atoms with Crippen molar-refractivity contribution >= 4 is 29.1 Å². The zero-order valence-corrected chi connectivity index (χ0v) is 18.0. The van der Waals surface area contributed by atoms with E-state index in [9.17, 15) is 4.79 Å². The summed E-state index contributed by atoms with van der Waals surface area (Å²) in [5, 5.41) is 10.2. The molecule has 158 valence electrons. The molecule has 0 bridgehead atoms. The quantitative estimate of drug-likeness (QED) is 0.409. The largest absolute Gasteiger partial charge is 0.417 e. The van der Waals surface area contributed by atoms with Gasteiger partial charge >= 0.3 is 5.95 Å². The number of fused-ring (bicyclic) bond motifs is 1. The van der Waals surface area contributed by atoms with Gasteiger partial charge in [-0.3, -0.25) is 9.78 Å². The molecule has 1 amide bonds. The maximum Gasteiger partial charge on any atom is 0.417 e. The number of nitrogens with zero attached hydrogens (tertiary/aromatic N) is 3. The number of hydrogen-bond donors (Lipinski definition) is 3. The number of H-pyrrole nitrogens is 1. The molecule has 0 aliphatic carbocycles. The van der Waals surface area contributed by atoms with Gasteiger partial charge in [-0.2, -0.15) is 0 Å². The Morgan fingerprint density at radius 2 is 1.84 bits per heavy atom. The van der Waals surface area contributed by atoms with Crippen LogP contribution in [0.25, 0.3) is 11.4 Å². The standard InChI is InChI=1S/C24H19ClN6O/c1-15-20(23(32)28-19-8-5-13-26-14-19)21(16-9-11-18(25)12-10-16)31-24(27-15)29-22(30-31)17-6-3-2-4-7-17/h2-14,21H,1H3,(H2,27,28,29,30,32)/p+1. The van der Waals surface area contributed by atoms with Crippen molar-refractivity contribution in [3.05, 3.63) is 101 Å². The van der Waals surface area contributed by atoms with Crippen LogP contribution in [0.1, 0.15) is 18.5 Å². The summed E-state index contributed by atoms with van der Waals surface area (Å²) in [6.45, 7) is 1.88. The number of rotatable bonds is 4. The van der Waals surface area contributed by atoms with Crippen LogP contribution in [0.2, 0.25) is 5.02 Å². The highest BCUT2D eigenvalue weighted by atomic mass is 35.5. The molecule has 3 heterocycles. The predicted molar refractivity (Wildman–Crippen MR) is 123 cm³/mol. The average Bonchev–Trinajstić information content (AvgIpc) is 3.23. The molecule has 32 heavy (non-hydrogen) atoms. The van der Waals surface area contributed by atoms with E-state index in [1.54, 1.807) is 24.5 Å². The van der Waals surface area contributed by atoms with Crippen molar-refractivity contribution in [3.8, 4) is 11.4 Å². The first-order chi connectivity index (χ1) is 15.6. The number of nitrogens with one attached hydrogen (secondary N) is 3. The van der Waals surface area contributed by atoms with Crippen molar-refractivity contribution in [2.75, 3.05) is 10.6 Å². The van der Waals surface area contributed by atoms with Crippen LogP contribution >= 0.6 is 11.6 Å². The second-order valence-electron chi connectivity index (χ2n) is 7.45. The minimum absolute atomic E-state index is 0.225. The van der Waals surface area contributed by atoms with E-state index in [0.717, 1.165) is 16.8 Å². The number of aromatic amines is 1. The number of anilines is 2. The molecule has 1 atom stereocenters. The second kappa shape index (κ2) is 8.28. The number of carbonyl (C=O) groups excluding carboxylic acids is 1. The molecular formula is C24H20ClN6O+. The molecule has 7 nitrogen and oxygen atoms in total. The highest BCUT2D eigenvalue weighted by molar-refractivity contribution is 6.30. The Bertz CT molecular complexity index is 1300. The normalized spacial score (nSPS) is 15.1. The Kier molecular flexibility index (Phi) is 5.17. The Hall–Kier alpha value is -3.97. The van der Waals surface area contributed by atoms with Gasteiger partial charge in [0, 0.05) is 16.8 Å². The van der Waals surface area contributed by atoms with Crippen molar-refractivity contribution < 1.29 is 9.48 Å². The van der Waals surface area contributed by atoms with Crippen molar-refractivity contribution in [1.82, 2.24) is 15.1 Å². The number of benzene rings is 2. The van der Waals surface area contributed by atoms with Crippen molar-refractivity contribution in [2.45, 2.75) is 13.0 Å². The molecule has 0 saturated carbocycles. The lowest BCUT2D eigenvalue weighted by atomic mass is 9.95. The SMILES string of the molecule is CC1=C(C(=O)Nc2cccnc2)C(c2ccc(Cl)cc2)[n+]2[nH]c(-c3ccccc3)nc2N1. The van der Waals surface area contributed by atoms with Crippen LogP contribution < -0.4 is 15.3 Å². The van der Waals surface area contributed by atoms with Crippen LogP contribution in [-0.2, 0) is 4.79 Å². The lowest BCUT2D eigenvalue weighted by molar-refractivity contribution is -0.746. The smallest absolute Gasteiger partial charge is 0.321 e. The van der Waals surface area contributed by atoms with E-state index in [0.29, 0.717) is 28.1 Å². The molecule has 0 radical (unpaired) electrons. The van der Waals surface area contributed by atoms with Gasteiger partial charge in [0.2, 0.25) is 5.82 Å². The maximum atomic E-state index is 13.4. The van der Waals surface area contributed by atoms with Crippen LogP contribution in [0.15, 0.2) is 90.4 Å². The second-order valence-corrected chi connectivity index (χ2v) is 7.88. The van der Waals surface area contributed by atoms with Gasteiger partial charge in [0.05, 0.1) is 23.2 Å². The third-order valence-corrected chi connectivity index (χ3v) is 5.56. The van der Waals surface area contributed by atoms with E-state index in [1.807, 2.05) is 66.2 Å². The van der Waals surface area contributed by atoms with Gasteiger partial charge in [-0.25, -0.2) is 10.4 Å². The number of pyridine rings is 1. The van der Waals surface area contributed by atoms with Crippen LogP contribution in [0.4, 0.5) is 11.6 Å². The first kappa shape index (κ1) is 20.0. The molecule has 8 heteroatoms. The first-order valence-electron chi connectivity index (χ1n) is 10.1. The molecule has 2 aromatic carbocycles. The fourth-order valence-electron chi connectivity index (χ4n) is 3.81. The summed E-state index contributed by atoms with van der Waals surface area (Å²) in [5.41, 5.74) is 3.76. The monoisotopic (exact) mass is 443 g/mol. The molecular weight excluding hydrogens is 424 g/mol. The zero-order chi connectivity index (χ0) is 22.1. The van der Waals surface area contributed by atoms with E-state index < -0.39 is 6.04 Å². The average molecular weight is 444 g/mol. The molecule has 1 unspecified atom stereocenters. The molecule has 5 rings (SSSR count). The van der Waals surface area contributed by atoms with E-state index in [4.69, 9.17) is 16.6 Å². The first-order valence-corrected chi connectivity index (χ1v) is 10.5. The molecule has 0 spiro atoms. The summed E-state index contributed by atoms with van der Waals surface area (Å²) in [6, 6.07) is 20.5. The van der Waals surface area contributed by atoms with E-state index in [2.05, 4.69) is 20.7 Å². The Labute approximate surface area is 189 Å².